The van der Waals surface area contributed by atoms with E-state index in [-0.39, 0.29) is 121 Å². The molecule has 3 aliphatic heterocycles. The number of anilines is 3. The van der Waals surface area contributed by atoms with Crippen molar-refractivity contribution in [1.82, 2.24) is 12.9 Å². The lowest BCUT2D eigenvalue weighted by atomic mass is 9.98. The van der Waals surface area contributed by atoms with Crippen LogP contribution < -0.4 is 16.0 Å². The summed E-state index contributed by atoms with van der Waals surface area (Å²) >= 11 is 11.4. The second-order valence-electron chi connectivity index (χ2n) is 21.8. The molecule has 3 heterocycles. The summed E-state index contributed by atoms with van der Waals surface area (Å²) < 4.78 is 200. The number of esters is 1. The molecule has 21 nitrogen and oxygen atoms in total. The predicted octanol–water partition coefficient (Wildman–Crippen LogP) is 8.95. The van der Waals surface area contributed by atoms with E-state index in [1.807, 2.05) is 0 Å². The monoisotopic (exact) mass is 1420 g/mol. The van der Waals surface area contributed by atoms with Crippen LogP contribution in [0.3, 0.4) is 0 Å². The Morgan fingerprint density at radius 3 is 1.54 bits per heavy atom. The Morgan fingerprint density at radius 1 is 0.564 bits per heavy atom. The molecular weight excluding hydrogens is 1360 g/mol. The van der Waals surface area contributed by atoms with Gasteiger partial charge in [0.25, 0.3) is 17.7 Å². The van der Waals surface area contributed by atoms with Crippen LogP contribution in [0, 0.1) is 40.7 Å². The van der Waals surface area contributed by atoms with Crippen molar-refractivity contribution >= 4 is 94.0 Å². The molecule has 9 rings (SSSR count). The van der Waals surface area contributed by atoms with Gasteiger partial charge in [-0.2, -0.15) is 12.9 Å². The number of halogens is 10. The van der Waals surface area contributed by atoms with Crippen molar-refractivity contribution in [2.45, 2.75) is 91.2 Å². The summed E-state index contributed by atoms with van der Waals surface area (Å²) in [5.74, 6) is -11.2. The molecule has 0 aromatic heterocycles. The Kier molecular flexibility index (Phi) is 24.9. The molecule has 3 saturated heterocycles. The van der Waals surface area contributed by atoms with Crippen molar-refractivity contribution in [2.24, 2.45) is 0 Å². The molecule has 6 aromatic rings. The minimum atomic E-state index is -4.50. The van der Waals surface area contributed by atoms with Crippen LogP contribution in [0.4, 0.5) is 52.2 Å². The number of hydrogen-bond acceptors (Lipinski definition) is 15. The zero-order chi connectivity index (χ0) is 69.2. The number of hydrogen-bond donors (Lipinski definition) is 6. The van der Waals surface area contributed by atoms with Crippen LogP contribution in [0.15, 0.2) is 118 Å². The van der Waals surface area contributed by atoms with E-state index in [1.165, 1.54) is 37.3 Å². The van der Waals surface area contributed by atoms with Crippen LogP contribution in [0.2, 0.25) is 10.0 Å². The fraction of sp³-hybridized carbons (Fsp3) is 0.333. The van der Waals surface area contributed by atoms with E-state index < -0.39 is 140 Å². The zero-order valence-electron chi connectivity index (χ0n) is 49.5. The largest absolute Gasteiger partial charge is 0.461 e. The van der Waals surface area contributed by atoms with E-state index in [0.29, 0.717) is 25.0 Å². The lowest BCUT2D eigenvalue weighted by Crippen LogP contribution is -2.40. The van der Waals surface area contributed by atoms with Crippen molar-refractivity contribution in [1.29, 1.82) is 0 Å². The average Bonchev–Trinajstić information content (AvgIpc) is 1.18. The van der Waals surface area contributed by atoms with Gasteiger partial charge >= 0.3 is 5.97 Å². The Bertz CT molecular complexity index is 4160. The quantitative estimate of drug-likeness (QED) is 0.0337. The Balaban J connectivity index is 0.000000200. The van der Waals surface area contributed by atoms with Gasteiger partial charge in [-0.25, -0.2) is 60.4 Å². The van der Waals surface area contributed by atoms with Crippen LogP contribution in [-0.4, -0.2) is 154 Å². The summed E-state index contributed by atoms with van der Waals surface area (Å²) in [5, 5.41) is 36.7. The summed E-state index contributed by atoms with van der Waals surface area (Å²) in [6, 6.07) is 17.1. The first-order chi connectivity index (χ1) is 44.1. The molecule has 3 aliphatic rings. The van der Waals surface area contributed by atoms with Crippen molar-refractivity contribution in [2.75, 3.05) is 68.4 Å². The number of alkyl halides is 1. The van der Waals surface area contributed by atoms with Gasteiger partial charge in [-0.15, -0.1) is 0 Å². The van der Waals surface area contributed by atoms with Crippen LogP contribution >= 0.6 is 23.2 Å². The minimum Gasteiger partial charge on any atom is -0.461 e. The van der Waals surface area contributed by atoms with Crippen molar-refractivity contribution in [3.05, 3.63) is 176 Å². The topological polar surface area (TPSA) is 296 Å². The van der Waals surface area contributed by atoms with E-state index >= 15 is 0 Å². The number of aliphatic hydroxyl groups excluding tert-OH is 2. The van der Waals surface area contributed by atoms with Gasteiger partial charge < -0.3 is 40.7 Å². The summed E-state index contributed by atoms with van der Waals surface area (Å²) in [6.07, 6.45) is -1.48. The minimum absolute atomic E-state index is 0.0195. The molecule has 0 radical (unpaired) electrons. The maximum absolute atomic E-state index is 14.6. The van der Waals surface area contributed by atoms with Gasteiger partial charge in [-0.1, -0.05) is 29.3 Å². The van der Waals surface area contributed by atoms with Crippen LogP contribution in [0.1, 0.15) is 82.6 Å². The molecular formula is C60H60Cl2F8N6O15S3. The maximum Gasteiger partial charge on any atom is 0.302 e. The molecule has 0 aliphatic carbocycles. The second-order valence-corrected chi connectivity index (χ2v) is 28.3. The predicted molar refractivity (Wildman–Crippen MR) is 325 cm³/mol. The standard InChI is InChI=1S/C21H21ClF2N2O6S.C21H22F4N2O4S.C18H17ClF2N2O5S/c1-12(27)32-16-5-4-15(28)10-26(11-16)33(30,31)20-8-13(2-6-19(20)24)21(29)25-14-3-7-18(23)17(22)9-14;1-21(29)5-2-7-27(8-6-21)32(30,31)18-9-13(3-4-14(18)12-22)20(28)26-15-10-16(23)19(25)17(24)11-15;19-14-8-12(2-4-15(14)20)22-18(25)11-1-3-16(21)17(7-11)29(26,27)23-5-6-28-10-13(24)9-23/h2-3,6-9,15-16,28H,4-5,10-11H2,1H3,(H,25,29);3-4,9-11,29H,2,5-8,12H2,1H3,(H,26,28);1-4,7-8,13,24H,5-6,9-10H2,(H,22,25)/t15-,16+;;13-/m0.0/s1. The smallest absolute Gasteiger partial charge is 0.302 e. The van der Waals surface area contributed by atoms with Gasteiger partial charge in [0.1, 0.15) is 45.8 Å². The van der Waals surface area contributed by atoms with Crippen molar-refractivity contribution in [3.8, 4) is 0 Å². The first kappa shape index (κ1) is 74.2. The maximum atomic E-state index is 14.6. The number of aliphatic hydroxyl groups is 3. The van der Waals surface area contributed by atoms with Crippen molar-refractivity contribution < 1.29 is 104 Å². The summed E-state index contributed by atoms with van der Waals surface area (Å²) in [6.45, 7) is 0.915. The number of carbonyl (C=O) groups is 4. The molecule has 94 heavy (non-hydrogen) atoms. The highest BCUT2D eigenvalue weighted by Gasteiger charge is 2.37. The number of rotatable bonds is 14. The molecule has 3 fully saturated rings. The lowest BCUT2D eigenvalue weighted by Gasteiger charge is -2.24. The van der Waals surface area contributed by atoms with Gasteiger partial charge in [-0.05, 0) is 124 Å². The van der Waals surface area contributed by atoms with E-state index in [2.05, 4.69) is 16.0 Å². The third-order valence-electron chi connectivity index (χ3n) is 14.5. The molecule has 1 unspecified atom stereocenters. The zero-order valence-corrected chi connectivity index (χ0v) is 53.5. The number of nitrogens with zero attached hydrogens (tertiary/aromatic N) is 3. The molecule has 0 bridgehead atoms. The number of sulfonamides is 3. The Morgan fingerprint density at radius 2 is 1.03 bits per heavy atom. The van der Waals surface area contributed by atoms with E-state index in [0.717, 1.165) is 73.6 Å². The molecule has 4 atom stereocenters. The molecule has 3 amide bonds. The van der Waals surface area contributed by atoms with Crippen LogP contribution in [0.5, 0.6) is 0 Å². The molecule has 34 heteroatoms. The third-order valence-corrected chi connectivity index (χ3v) is 20.8. The molecule has 0 spiro atoms. The summed E-state index contributed by atoms with van der Waals surface area (Å²) in [4.78, 5) is 47.0. The van der Waals surface area contributed by atoms with Crippen LogP contribution in [0.25, 0.3) is 0 Å². The van der Waals surface area contributed by atoms with E-state index in [9.17, 15) is 94.9 Å². The first-order valence-corrected chi connectivity index (χ1v) is 33.3. The Labute approximate surface area is 544 Å². The highest BCUT2D eigenvalue weighted by molar-refractivity contribution is 7.89. The number of amides is 3. The van der Waals surface area contributed by atoms with Gasteiger partial charge in [0.2, 0.25) is 30.1 Å². The fourth-order valence-electron chi connectivity index (χ4n) is 9.62. The first-order valence-electron chi connectivity index (χ1n) is 28.2. The number of benzene rings is 6. The average molecular weight is 1420 g/mol. The molecule has 6 N–H and O–H groups in total. The number of carbonyl (C=O) groups excluding carboxylic acids is 4. The summed E-state index contributed by atoms with van der Waals surface area (Å²) in [7, 11) is -13.0. The summed E-state index contributed by atoms with van der Waals surface area (Å²) in [5.41, 5.74) is -1.72. The molecule has 508 valence electrons. The van der Waals surface area contributed by atoms with Gasteiger partial charge in [0.15, 0.2) is 17.5 Å². The van der Waals surface area contributed by atoms with Gasteiger partial charge in [-0.3, -0.25) is 19.2 Å². The second kappa shape index (κ2) is 31.6. The van der Waals surface area contributed by atoms with E-state index in [4.69, 9.17) is 32.7 Å². The number of β-amino-alcohol motifs (C(OH)–C–C–N with tert-alkyl or cyclic N) is 2. The molecule has 6 aromatic carbocycles. The van der Waals surface area contributed by atoms with Gasteiger partial charge in [0, 0.05) is 91.1 Å². The van der Waals surface area contributed by atoms with Gasteiger partial charge in [0.05, 0.1) is 52.5 Å². The number of ether oxygens (including phenoxy) is 2. The molecule has 0 saturated carbocycles. The lowest BCUT2D eigenvalue weighted by molar-refractivity contribution is -0.146. The SMILES string of the molecule is CC(=O)O[C@@H]1CC[C@H](O)CN(S(=O)(=O)c2cc(C(=O)Nc3ccc(F)c(Cl)c3)ccc2F)C1.CC1(O)CCCN(S(=O)(=O)c2cc(C(=O)Nc3cc(F)c(F)c(F)c3)ccc2CF)CC1.O=C(Nc1ccc(F)c(Cl)c1)c1ccc(F)c(S(=O)(=O)N2CCOC[C@@H](O)C2)c1. The highest BCUT2D eigenvalue weighted by Crippen LogP contribution is 2.32. The third kappa shape index (κ3) is 19.0. The number of nitrogens with one attached hydrogen (secondary N) is 3. The van der Waals surface area contributed by atoms with E-state index in [1.54, 1.807) is 6.92 Å². The van der Waals surface area contributed by atoms with Crippen LogP contribution in [-0.2, 0) is 51.0 Å². The normalized spacial score (nSPS) is 19.3. The Hall–Kier alpha value is -7.21. The fourth-order valence-corrected chi connectivity index (χ4v) is 14.8. The van der Waals surface area contributed by atoms with Crippen molar-refractivity contribution in [3.63, 3.8) is 0 Å². The highest BCUT2D eigenvalue weighted by atomic mass is 35.5.